The van der Waals surface area contributed by atoms with E-state index in [2.05, 4.69) is 49.0 Å². The molecule has 8 nitrogen and oxygen atoms in total. The van der Waals surface area contributed by atoms with Crippen LogP contribution in [-0.4, -0.2) is 61.0 Å². The first-order valence-corrected chi connectivity index (χ1v) is 11.9. The van der Waals surface area contributed by atoms with Gasteiger partial charge in [0.2, 0.25) is 0 Å². The number of rotatable bonds is 6. The summed E-state index contributed by atoms with van der Waals surface area (Å²) in [5, 5.41) is 13.0. The van der Waals surface area contributed by atoms with Crippen LogP contribution < -0.4 is 9.80 Å². The zero-order valence-electron chi connectivity index (χ0n) is 17.9. The van der Waals surface area contributed by atoms with Gasteiger partial charge in [-0.15, -0.1) is 11.3 Å². The summed E-state index contributed by atoms with van der Waals surface area (Å²) in [4.78, 5) is 18.4. The lowest BCUT2D eigenvalue weighted by molar-refractivity contribution is 0.0245. The number of nitrogens with zero attached hydrogens (tertiary/aromatic N) is 6. The number of fused-ring (bicyclic) bond motifs is 1. The molecule has 2 aliphatic heterocycles. The number of morpholine rings is 1. The lowest BCUT2D eigenvalue weighted by Gasteiger charge is -2.37. The summed E-state index contributed by atoms with van der Waals surface area (Å²) in [5.41, 5.74) is 2.13. The van der Waals surface area contributed by atoms with Gasteiger partial charge in [0.1, 0.15) is 29.9 Å². The van der Waals surface area contributed by atoms with Crippen molar-refractivity contribution in [3.63, 3.8) is 0 Å². The van der Waals surface area contributed by atoms with E-state index in [1.165, 1.54) is 5.69 Å². The van der Waals surface area contributed by atoms with Crippen LogP contribution in [0.4, 0.5) is 11.5 Å². The second-order valence-electron chi connectivity index (χ2n) is 8.11. The largest absolute Gasteiger partial charge is 0.378 e. The molecule has 1 aromatic carbocycles. The molecule has 166 valence electrons. The van der Waals surface area contributed by atoms with Crippen LogP contribution in [-0.2, 0) is 9.47 Å². The minimum Gasteiger partial charge on any atom is -0.378 e. The highest BCUT2D eigenvalue weighted by Gasteiger charge is 2.32. The van der Waals surface area contributed by atoms with E-state index in [0.717, 1.165) is 74.0 Å². The van der Waals surface area contributed by atoms with Crippen LogP contribution in [0.3, 0.4) is 0 Å². The Balaban J connectivity index is 1.40. The minimum atomic E-state index is -0.168. The van der Waals surface area contributed by atoms with Crippen molar-refractivity contribution in [2.45, 2.75) is 18.9 Å². The molecule has 9 heteroatoms. The van der Waals surface area contributed by atoms with E-state index in [1.54, 1.807) is 23.9 Å². The molecule has 0 N–H and O–H groups in total. The van der Waals surface area contributed by atoms with E-state index < -0.39 is 0 Å². The summed E-state index contributed by atoms with van der Waals surface area (Å²) in [6.07, 6.45) is 5.37. The molecule has 2 aliphatic rings. The van der Waals surface area contributed by atoms with Gasteiger partial charge < -0.3 is 19.3 Å². The Morgan fingerprint density at radius 1 is 1.19 bits per heavy atom. The molecule has 2 fully saturated rings. The van der Waals surface area contributed by atoms with Gasteiger partial charge in [-0.2, -0.15) is 5.26 Å². The second kappa shape index (κ2) is 9.77. The number of aromatic nitrogens is 3. The number of benzene rings is 1. The van der Waals surface area contributed by atoms with Crippen LogP contribution in [0.25, 0.3) is 10.9 Å². The molecule has 0 spiro atoms. The molecule has 0 aliphatic carbocycles. The van der Waals surface area contributed by atoms with Gasteiger partial charge in [0.05, 0.1) is 24.8 Å². The molecular weight excluding hydrogens is 424 g/mol. The van der Waals surface area contributed by atoms with Crippen molar-refractivity contribution in [1.29, 1.82) is 5.26 Å². The van der Waals surface area contributed by atoms with Crippen molar-refractivity contribution < 1.29 is 9.47 Å². The van der Waals surface area contributed by atoms with Gasteiger partial charge in [-0.05, 0) is 31.0 Å². The number of anilines is 2. The third-order valence-corrected chi connectivity index (χ3v) is 7.02. The summed E-state index contributed by atoms with van der Waals surface area (Å²) < 4.78 is 11.4. The maximum Gasteiger partial charge on any atom is 0.139 e. The zero-order valence-corrected chi connectivity index (χ0v) is 18.7. The molecule has 0 amide bonds. The van der Waals surface area contributed by atoms with Gasteiger partial charge in [-0.3, -0.25) is 0 Å². The molecule has 0 radical (unpaired) electrons. The van der Waals surface area contributed by atoms with Crippen LogP contribution in [0.1, 0.15) is 24.0 Å². The Labute approximate surface area is 191 Å². The van der Waals surface area contributed by atoms with E-state index in [-0.39, 0.29) is 18.6 Å². The lowest BCUT2D eigenvalue weighted by atomic mass is 9.92. The van der Waals surface area contributed by atoms with Crippen molar-refractivity contribution in [3.8, 4) is 6.07 Å². The van der Waals surface area contributed by atoms with Crippen LogP contribution in [0.5, 0.6) is 0 Å². The highest BCUT2D eigenvalue weighted by atomic mass is 32.1. The van der Waals surface area contributed by atoms with E-state index in [0.29, 0.717) is 0 Å². The van der Waals surface area contributed by atoms with Gasteiger partial charge in [-0.1, -0.05) is 0 Å². The first kappa shape index (κ1) is 21.1. The van der Waals surface area contributed by atoms with E-state index in [4.69, 9.17) is 14.7 Å². The smallest absolute Gasteiger partial charge is 0.139 e. The van der Waals surface area contributed by atoms with Crippen LogP contribution in [0, 0.1) is 17.2 Å². The van der Waals surface area contributed by atoms with E-state index >= 15 is 0 Å². The Kier molecular flexibility index (Phi) is 6.44. The summed E-state index contributed by atoms with van der Waals surface area (Å²) in [6, 6.07) is 8.57. The number of thiazole rings is 1. The van der Waals surface area contributed by atoms with Crippen molar-refractivity contribution >= 4 is 33.7 Å². The summed E-state index contributed by atoms with van der Waals surface area (Å²) >= 11 is 1.59. The van der Waals surface area contributed by atoms with Gasteiger partial charge in [0.25, 0.3) is 0 Å². The fraction of sp³-hybridized carbons (Fsp3) is 0.478. The van der Waals surface area contributed by atoms with Crippen molar-refractivity contribution in [1.82, 2.24) is 15.0 Å². The quantitative estimate of drug-likeness (QED) is 0.565. The molecular formula is C23H26N6O2S. The Morgan fingerprint density at radius 2 is 2.09 bits per heavy atom. The number of ether oxygens (including phenoxy) is 2. The fourth-order valence-corrected chi connectivity index (χ4v) is 5.44. The van der Waals surface area contributed by atoms with Crippen LogP contribution in [0.2, 0.25) is 0 Å². The maximum absolute atomic E-state index is 9.05. The molecule has 5 rings (SSSR count). The third kappa shape index (κ3) is 4.39. The maximum atomic E-state index is 9.05. The summed E-state index contributed by atoms with van der Waals surface area (Å²) in [7, 11) is 0. The SMILES string of the molecule is N#CCOC(c1nccs1)C1CCCN(c2ncnc3cc(N4CCOCC4)ccc23)C1. The number of piperidine rings is 1. The molecule has 4 heterocycles. The monoisotopic (exact) mass is 450 g/mol. The lowest BCUT2D eigenvalue weighted by Crippen LogP contribution is -2.39. The zero-order chi connectivity index (χ0) is 21.8. The summed E-state index contributed by atoms with van der Waals surface area (Å²) in [5.74, 6) is 1.22. The van der Waals surface area contributed by atoms with E-state index in [1.807, 2.05) is 5.38 Å². The molecule has 3 aromatic rings. The van der Waals surface area contributed by atoms with Gasteiger partial charge in [0, 0.05) is 54.7 Å². The molecule has 0 bridgehead atoms. The molecule has 2 unspecified atom stereocenters. The normalized spacial score (nSPS) is 20.3. The predicted octanol–water partition coefficient (Wildman–Crippen LogP) is 3.42. The van der Waals surface area contributed by atoms with Gasteiger partial charge in [0.15, 0.2) is 0 Å². The fourth-order valence-electron chi connectivity index (χ4n) is 4.66. The predicted molar refractivity (Wildman–Crippen MR) is 124 cm³/mol. The average Bonchev–Trinajstić information content (AvgIpc) is 3.39. The number of nitriles is 1. The average molecular weight is 451 g/mol. The topological polar surface area (TPSA) is 87.4 Å². The Morgan fingerprint density at radius 3 is 2.91 bits per heavy atom. The molecule has 32 heavy (non-hydrogen) atoms. The number of hydrogen-bond donors (Lipinski definition) is 0. The standard InChI is InChI=1S/C23H26N6O2S/c24-5-10-31-21(23-25-6-13-32-23)17-2-1-7-29(15-17)22-19-4-3-18(14-20(19)26-16-27-22)28-8-11-30-12-9-28/h3-4,6,13-14,16-17,21H,1-2,7-12,15H2. The van der Waals surface area contributed by atoms with Crippen LogP contribution in [0.15, 0.2) is 36.1 Å². The van der Waals surface area contributed by atoms with Gasteiger partial charge >= 0.3 is 0 Å². The number of hydrogen-bond acceptors (Lipinski definition) is 9. The highest BCUT2D eigenvalue weighted by Crippen LogP contribution is 2.36. The Bertz CT molecular complexity index is 1080. The molecule has 2 saturated heterocycles. The van der Waals surface area contributed by atoms with Crippen molar-refractivity contribution in [3.05, 3.63) is 41.1 Å². The first-order valence-electron chi connectivity index (χ1n) is 11.0. The minimum absolute atomic E-state index is 0.0709. The van der Waals surface area contributed by atoms with Gasteiger partial charge in [-0.25, -0.2) is 15.0 Å². The van der Waals surface area contributed by atoms with Crippen molar-refractivity contribution in [2.24, 2.45) is 5.92 Å². The highest BCUT2D eigenvalue weighted by molar-refractivity contribution is 7.09. The van der Waals surface area contributed by atoms with E-state index in [9.17, 15) is 0 Å². The summed E-state index contributed by atoms with van der Waals surface area (Å²) in [6.45, 7) is 5.15. The van der Waals surface area contributed by atoms with Crippen LogP contribution >= 0.6 is 11.3 Å². The second-order valence-corrected chi connectivity index (χ2v) is 9.03. The molecule has 2 aromatic heterocycles. The Hall–Kier alpha value is -2.80. The first-order chi connectivity index (χ1) is 15.8. The molecule has 2 atom stereocenters. The molecule has 0 saturated carbocycles. The third-order valence-electron chi connectivity index (χ3n) is 6.18. The van der Waals surface area contributed by atoms with Crippen molar-refractivity contribution in [2.75, 3.05) is 55.8 Å².